The van der Waals surface area contributed by atoms with E-state index in [0.717, 1.165) is 5.56 Å². The third kappa shape index (κ3) is 2.31. The number of aromatic nitrogens is 3. The van der Waals surface area contributed by atoms with Crippen molar-refractivity contribution >= 4 is 16.9 Å². The van der Waals surface area contributed by atoms with Crippen LogP contribution in [0.15, 0.2) is 47.7 Å². The van der Waals surface area contributed by atoms with Gasteiger partial charge in [0.1, 0.15) is 5.56 Å². The fraction of sp³-hybridized carbons (Fsp3) is 0.133. The molecule has 2 aromatic heterocycles. The molecule has 0 fully saturated rings. The summed E-state index contributed by atoms with van der Waals surface area (Å²) in [6.45, 7) is 0.453. The van der Waals surface area contributed by atoms with Crippen LogP contribution >= 0.6 is 0 Å². The van der Waals surface area contributed by atoms with Gasteiger partial charge in [-0.2, -0.15) is 5.10 Å². The number of pyridine rings is 1. The highest BCUT2D eigenvalue weighted by Gasteiger charge is 2.14. The summed E-state index contributed by atoms with van der Waals surface area (Å²) in [7, 11) is 1.82. The molecule has 1 N–H and O–H groups in total. The Kier molecular flexibility index (Phi) is 3.06. The minimum Gasteiger partial charge on any atom is -0.477 e. The van der Waals surface area contributed by atoms with Crippen LogP contribution in [0.3, 0.4) is 0 Å². The first kappa shape index (κ1) is 13.1. The molecule has 0 amide bonds. The van der Waals surface area contributed by atoms with E-state index >= 15 is 0 Å². The molecule has 0 radical (unpaired) electrons. The number of para-hydroxylation sites is 1. The van der Waals surface area contributed by atoms with Gasteiger partial charge in [0.05, 0.1) is 18.3 Å². The van der Waals surface area contributed by atoms with Gasteiger partial charge in [0, 0.05) is 30.4 Å². The van der Waals surface area contributed by atoms with E-state index < -0.39 is 11.4 Å². The molecule has 0 saturated carbocycles. The van der Waals surface area contributed by atoms with Crippen molar-refractivity contribution in [2.24, 2.45) is 7.05 Å². The van der Waals surface area contributed by atoms with Crippen molar-refractivity contribution in [1.29, 1.82) is 0 Å². The zero-order valence-corrected chi connectivity index (χ0v) is 11.4. The average molecular weight is 283 g/mol. The summed E-state index contributed by atoms with van der Waals surface area (Å²) in [5.41, 5.74) is 0.956. The van der Waals surface area contributed by atoms with Gasteiger partial charge in [-0.15, -0.1) is 0 Å². The van der Waals surface area contributed by atoms with Crippen LogP contribution in [0.1, 0.15) is 15.9 Å². The Labute approximate surface area is 119 Å². The van der Waals surface area contributed by atoms with Crippen LogP contribution in [-0.2, 0) is 13.6 Å². The van der Waals surface area contributed by atoms with Gasteiger partial charge in [-0.05, 0) is 12.1 Å². The zero-order chi connectivity index (χ0) is 15.0. The minimum absolute atomic E-state index is 0.224. The molecule has 6 heteroatoms. The number of rotatable bonds is 3. The van der Waals surface area contributed by atoms with Gasteiger partial charge >= 0.3 is 5.97 Å². The fourth-order valence-corrected chi connectivity index (χ4v) is 2.38. The zero-order valence-electron chi connectivity index (χ0n) is 11.4. The third-order valence-corrected chi connectivity index (χ3v) is 3.33. The molecular formula is C15H13N3O3. The highest BCUT2D eigenvalue weighted by Crippen LogP contribution is 2.14. The molecule has 0 aliphatic rings. The first-order valence-electron chi connectivity index (χ1n) is 6.39. The van der Waals surface area contributed by atoms with Gasteiger partial charge in [0.15, 0.2) is 0 Å². The number of hydrogen-bond donors (Lipinski definition) is 1. The molecule has 3 aromatic rings. The summed E-state index contributed by atoms with van der Waals surface area (Å²) in [5.74, 6) is -1.22. The topological polar surface area (TPSA) is 77.1 Å². The Balaban J connectivity index is 2.23. The van der Waals surface area contributed by atoms with Crippen LogP contribution in [0, 0.1) is 0 Å². The highest BCUT2D eigenvalue weighted by atomic mass is 16.4. The van der Waals surface area contributed by atoms with Crippen LogP contribution in [-0.4, -0.2) is 25.4 Å². The summed E-state index contributed by atoms with van der Waals surface area (Å²) in [4.78, 5) is 23.4. The molecule has 2 heterocycles. The van der Waals surface area contributed by atoms with Gasteiger partial charge < -0.3 is 9.67 Å². The number of aromatic carboxylic acids is 1. The van der Waals surface area contributed by atoms with Gasteiger partial charge in [0.2, 0.25) is 5.43 Å². The number of carbonyl (C=O) groups is 1. The lowest BCUT2D eigenvalue weighted by Gasteiger charge is -2.11. The SMILES string of the molecule is Cn1cc(Cn2cc(C(=O)O)c(=O)c3ccccc32)cn1. The van der Waals surface area contributed by atoms with Gasteiger partial charge in [-0.25, -0.2) is 4.79 Å². The monoisotopic (exact) mass is 283 g/mol. The summed E-state index contributed by atoms with van der Waals surface area (Å²) in [6, 6.07) is 6.99. The van der Waals surface area contributed by atoms with E-state index in [-0.39, 0.29) is 5.56 Å². The highest BCUT2D eigenvalue weighted by molar-refractivity contribution is 5.92. The van der Waals surface area contributed by atoms with Crippen molar-refractivity contribution in [3.8, 4) is 0 Å². The minimum atomic E-state index is -1.22. The number of carboxylic acid groups (broad SMARTS) is 1. The number of nitrogens with zero attached hydrogens (tertiary/aromatic N) is 3. The third-order valence-electron chi connectivity index (χ3n) is 3.33. The lowest BCUT2D eigenvalue weighted by atomic mass is 10.1. The molecule has 1 aromatic carbocycles. The van der Waals surface area contributed by atoms with Gasteiger partial charge in [-0.3, -0.25) is 9.48 Å². The van der Waals surface area contributed by atoms with Gasteiger partial charge in [-0.1, -0.05) is 12.1 Å². The van der Waals surface area contributed by atoms with Crippen LogP contribution in [0.4, 0.5) is 0 Å². The lowest BCUT2D eigenvalue weighted by molar-refractivity contribution is 0.0695. The Morgan fingerprint density at radius 3 is 2.71 bits per heavy atom. The molecular weight excluding hydrogens is 270 g/mol. The molecule has 0 unspecified atom stereocenters. The van der Waals surface area contributed by atoms with Crippen molar-refractivity contribution in [2.75, 3.05) is 0 Å². The lowest BCUT2D eigenvalue weighted by Crippen LogP contribution is -2.19. The van der Waals surface area contributed by atoms with Crippen LogP contribution in [0.5, 0.6) is 0 Å². The van der Waals surface area contributed by atoms with Crippen LogP contribution in [0.25, 0.3) is 10.9 Å². The second-order valence-corrected chi connectivity index (χ2v) is 4.84. The van der Waals surface area contributed by atoms with E-state index in [0.29, 0.717) is 17.4 Å². The van der Waals surface area contributed by atoms with Crippen molar-refractivity contribution < 1.29 is 9.90 Å². The standard InChI is InChI=1S/C15H13N3O3/c1-17-7-10(6-16-17)8-18-9-12(15(20)21)14(19)11-4-2-3-5-13(11)18/h2-7,9H,8H2,1H3,(H,20,21). The molecule has 0 bridgehead atoms. The molecule has 106 valence electrons. The van der Waals surface area contributed by atoms with Crippen molar-refractivity contribution in [1.82, 2.24) is 14.3 Å². The molecule has 0 saturated heterocycles. The molecule has 6 nitrogen and oxygen atoms in total. The van der Waals surface area contributed by atoms with Crippen LogP contribution in [0.2, 0.25) is 0 Å². The second kappa shape index (κ2) is 4.90. The maximum absolute atomic E-state index is 12.2. The Bertz CT molecular complexity index is 893. The Hall–Kier alpha value is -2.89. The van der Waals surface area contributed by atoms with Crippen molar-refractivity contribution in [3.63, 3.8) is 0 Å². The molecule has 0 aliphatic carbocycles. The van der Waals surface area contributed by atoms with E-state index in [4.69, 9.17) is 0 Å². The number of aryl methyl sites for hydroxylation is 1. The molecule has 0 atom stereocenters. The second-order valence-electron chi connectivity index (χ2n) is 4.84. The first-order chi connectivity index (χ1) is 10.1. The van der Waals surface area contributed by atoms with E-state index in [2.05, 4.69) is 5.10 Å². The maximum Gasteiger partial charge on any atom is 0.341 e. The number of benzene rings is 1. The normalized spacial score (nSPS) is 10.9. The van der Waals surface area contributed by atoms with E-state index in [9.17, 15) is 14.7 Å². The summed E-state index contributed by atoms with van der Waals surface area (Å²) < 4.78 is 3.44. The van der Waals surface area contributed by atoms with Crippen LogP contribution < -0.4 is 5.43 Å². The smallest absolute Gasteiger partial charge is 0.341 e. The molecule has 0 spiro atoms. The number of fused-ring (bicyclic) bond motifs is 1. The summed E-state index contributed by atoms with van der Waals surface area (Å²) >= 11 is 0. The van der Waals surface area contributed by atoms with E-state index in [1.807, 2.05) is 19.3 Å². The Morgan fingerprint density at radius 2 is 2.05 bits per heavy atom. The first-order valence-corrected chi connectivity index (χ1v) is 6.39. The quantitative estimate of drug-likeness (QED) is 0.790. The predicted octanol–water partition coefficient (Wildman–Crippen LogP) is 1.48. The van der Waals surface area contributed by atoms with Crippen molar-refractivity contribution in [2.45, 2.75) is 6.54 Å². The summed E-state index contributed by atoms with van der Waals surface area (Å²) in [5, 5.41) is 13.7. The van der Waals surface area contributed by atoms with Gasteiger partial charge in [0.25, 0.3) is 0 Å². The number of hydrogen-bond acceptors (Lipinski definition) is 3. The summed E-state index contributed by atoms with van der Waals surface area (Å²) in [6.07, 6.45) is 4.96. The fourth-order valence-electron chi connectivity index (χ4n) is 2.38. The van der Waals surface area contributed by atoms with E-state index in [1.54, 1.807) is 33.6 Å². The maximum atomic E-state index is 12.2. The predicted molar refractivity (Wildman–Crippen MR) is 77.5 cm³/mol. The van der Waals surface area contributed by atoms with E-state index in [1.165, 1.54) is 6.20 Å². The molecule has 3 rings (SSSR count). The average Bonchev–Trinajstić information content (AvgIpc) is 2.87. The van der Waals surface area contributed by atoms with Crippen molar-refractivity contribution in [3.05, 3.63) is 64.2 Å². The Morgan fingerprint density at radius 1 is 1.29 bits per heavy atom. The number of carboxylic acids is 1. The molecule has 0 aliphatic heterocycles. The largest absolute Gasteiger partial charge is 0.477 e. The molecule has 21 heavy (non-hydrogen) atoms.